The number of benzene rings is 8. The number of nitrogens with zero attached hydrogens (tertiary/aromatic N) is 7. The van der Waals surface area contributed by atoms with Crippen LogP contribution in [0.4, 0.5) is 0 Å². The minimum Gasteiger partial charge on any atom is -0.301 e. The second-order valence-electron chi connectivity index (χ2n) is 17.7. The van der Waals surface area contributed by atoms with Crippen molar-refractivity contribution >= 4 is 107 Å². The smallest absolute Gasteiger partial charge is 0.240 e. The van der Waals surface area contributed by atoms with Crippen molar-refractivity contribution in [3.8, 4) is 45.8 Å². The Morgan fingerprint density at radius 3 is 1.26 bits per heavy atom. The zero-order chi connectivity index (χ0) is 45.3. The molecule has 7 heterocycles. The summed E-state index contributed by atoms with van der Waals surface area (Å²) in [6.45, 7) is 2.22. The number of aromatic nitrogens is 7. The number of thiophene rings is 2. The van der Waals surface area contributed by atoms with Gasteiger partial charge in [-0.25, -0.2) is 0 Å². The highest BCUT2D eigenvalue weighted by Crippen LogP contribution is 2.49. The molecule has 0 saturated heterocycles. The molecule has 324 valence electrons. The second-order valence-corrected chi connectivity index (χ2v) is 19.6. The first-order valence-corrected chi connectivity index (χ1v) is 24.8. The summed E-state index contributed by atoms with van der Waals surface area (Å²) in [5, 5.41) is 9.65. The van der Waals surface area contributed by atoms with Crippen LogP contribution in [0.1, 0.15) is 5.56 Å². The largest absolute Gasteiger partial charge is 0.301 e. The Morgan fingerprint density at radius 1 is 0.319 bits per heavy atom. The number of para-hydroxylation sites is 6. The quantitative estimate of drug-likeness (QED) is 0.167. The van der Waals surface area contributed by atoms with Gasteiger partial charge in [-0.05, 0) is 66.1 Å². The van der Waals surface area contributed by atoms with Crippen LogP contribution in [0.15, 0.2) is 206 Å². The van der Waals surface area contributed by atoms with Crippen LogP contribution in [0.3, 0.4) is 0 Å². The van der Waals surface area contributed by atoms with Gasteiger partial charge >= 0.3 is 0 Å². The van der Waals surface area contributed by atoms with Crippen LogP contribution in [0.25, 0.3) is 130 Å². The maximum absolute atomic E-state index is 5.62. The van der Waals surface area contributed by atoms with Crippen LogP contribution in [-0.2, 0) is 0 Å². The molecule has 0 fully saturated rings. The van der Waals surface area contributed by atoms with Gasteiger partial charge in [0.15, 0.2) is 5.82 Å². The first-order chi connectivity index (χ1) is 34.2. The molecule has 7 nitrogen and oxygen atoms in total. The minimum atomic E-state index is 0.565. The summed E-state index contributed by atoms with van der Waals surface area (Å²) in [5.41, 5.74) is 11.2. The van der Waals surface area contributed by atoms with E-state index in [4.69, 9.17) is 15.0 Å². The fourth-order valence-electron chi connectivity index (χ4n) is 10.9. The minimum absolute atomic E-state index is 0.565. The molecule has 0 aliphatic rings. The van der Waals surface area contributed by atoms with Crippen LogP contribution < -0.4 is 0 Å². The first-order valence-electron chi connectivity index (χ1n) is 23.1. The normalized spacial score (nSPS) is 12.1. The molecule has 0 radical (unpaired) electrons. The fourth-order valence-corrected chi connectivity index (χ4v) is 13.6. The number of hydrogen-bond donors (Lipinski definition) is 0. The fraction of sp³-hybridized carbons (Fsp3) is 0.0167. The van der Waals surface area contributed by atoms with Crippen LogP contribution >= 0.6 is 22.7 Å². The Hall–Kier alpha value is -8.63. The molecule has 69 heavy (non-hydrogen) atoms. The molecule has 0 atom stereocenters. The van der Waals surface area contributed by atoms with E-state index in [1.165, 1.54) is 58.6 Å². The third-order valence-electron chi connectivity index (χ3n) is 13.8. The third-order valence-corrected chi connectivity index (χ3v) is 16.1. The molecular formula is C60H37N7S2. The highest BCUT2D eigenvalue weighted by Gasteiger charge is 2.28. The van der Waals surface area contributed by atoms with E-state index in [1.54, 1.807) is 22.7 Å². The molecular weight excluding hydrogens is 883 g/mol. The molecule has 9 heteroatoms. The Balaban J connectivity index is 1.05. The molecule has 0 N–H and O–H groups in total. The number of rotatable bonds is 6. The van der Waals surface area contributed by atoms with Gasteiger partial charge in [-0.15, -0.1) is 0 Å². The van der Waals surface area contributed by atoms with Gasteiger partial charge in [0, 0.05) is 60.0 Å². The Bertz CT molecular complexity index is 4530. The summed E-state index contributed by atoms with van der Waals surface area (Å²) in [6, 6.07) is 73.4. The molecule has 0 spiro atoms. The molecule has 8 aromatic carbocycles. The average molecular weight is 920 g/mol. The van der Waals surface area contributed by atoms with Crippen LogP contribution in [0, 0.1) is 6.92 Å². The van der Waals surface area contributed by atoms with Gasteiger partial charge in [0.2, 0.25) is 11.9 Å². The van der Waals surface area contributed by atoms with Gasteiger partial charge in [0.1, 0.15) is 19.3 Å². The summed E-state index contributed by atoms with van der Waals surface area (Å²) in [4.78, 5) is 21.1. The highest BCUT2D eigenvalue weighted by atomic mass is 32.1. The van der Waals surface area contributed by atoms with Crippen molar-refractivity contribution < 1.29 is 0 Å². The Kier molecular flexibility index (Phi) is 8.19. The van der Waals surface area contributed by atoms with E-state index in [-0.39, 0.29) is 0 Å². The summed E-state index contributed by atoms with van der Waals surface area (Å²) in [6.07, 6.45) is 0. The monoisotopic (exact) mass is 919 g/mol. The number of aryl methyl sites for hydroxylation is 1. The van der Waals surface area contributed by atoms with E-state index < -0.39 is 0 Å². The van der Waals surface area contributed by atoms with Crippen molar-refractivity contribution in [3.05, 3.63) is 212 Å². The maximum atomic E-state index is 5.62. The van der Waals surface area contributed by atoms with Crippen molar-refractivity contribution in [2.75, 3.05) is 0 Å². The van der Waals surface area contributed by atoms with Crippen molar-refractivity contribution in [3.63, 3.8) is 0 Å². The molecule has 15 rings (SSSR count). The van der Waals surface area contributed by atoms with E-state index in [0.717, 1.165) is 59.5 Å². The van der Waals surface area contributed by atoms with Crippen molar-refractivity contribution in [2.45, 2.75) is 6.92 Å². The molecule has 0 aliphatic carbocycles. The molecule has 15 aromatic rings. The van der Waals surface area contributed by atoms with Gasteiger partial charge < -0.3 is 9.13 Å². The van der Waals surface area contributed by atoms with E-state index in [0.29, 0.717) is 17.7 Å². The predicted molar refractivity (Wildman–Crippen MR) is 289 cm³/mol. The lowest BCUT2D eigenvalue weighted by Crippen LogP contribution is -2.09. The Morgan fingerprint density at radius 2 is 0.710 bits per heavy atom. The zero-order valence-electron chi connectivity index (χ0n) is 37.1. The van der Waals surface area contributed by atoms with Crippen LogP contribution in [0.5, 0.6) is 0 Å². The van der Waals surface area contributed by atoms with E-state index >= 15 is 0 Å². The zero-order valence-corrected chi connectivity index (χ0v) is 38.7. The lowest BCUT2D eigenvalue weighted by atomic mass is 10.0. The average Bonchev–Trinajstić information content (AvgIpc) is 4.24. The SMILES string of the molecule is Cc1cccc2c3c4c5ccccc5n(-c5nc(-c6ccc(-c7ccccc7)cc6)nc(-n6c7ccccc7c7c8c9ccccc9n(-c9ccccc9)c8sc76)n5)c4sc3n(-c3ccccc3)c12. The van der Waals surface area contributed by atoms with Gasteiger partial charge in [0.25, 0.3) is 0 Å². The molecule has 0 bridgehead atoms. The molecule has 0 saturated carbocycles. The third kappa shape index (κ3) is 5.51. The first kappa shape index (κ1) is 38.5. The number of hydrogen-bond acceptors (Lipinski definition) is 5. The molecule has 0 amide bonds. The van der Waals surface area contributed by atoms with Gasteiger partial charge in [-0.1, -0.05) is 186 Å². The van der Waals surface area contributed by atoms with Gasteiger partial charge in [0.05, 0.1) is 22.1 Å². The lowest BCUT2D eigenvalue weighted by molar-refractivity contribution is 0.897. The Labute approximate surface area is 402 Å². The van der Waals surface area contributed by atoms with Crippen LogP contribution in [0.2, 0.25) is 0 Å². The predicted octanol–water partition coefficient (Wildman–Crippen LogP) is 16.0. The highest BCUT2D eigenvalue weighted by molar-refractivity contribution is 7.26. The van der Waals surface area contributed by atoms with Crippen LogP contribution in [-0.4, -0.2) is 33.2 Å². The topological polar surface area (TPSA) is 58.4 Å². The summed E-state index contributed by atoms with van der Waals surface area (Å²) in [5.74, 6) is 1.73. The van der Waals surface area contributed by atoms with E-state index in [1.807, 2.05) is 0 Å². The summed E-state index contributed by atoms with van der Waals surface area (Å²) in [7, 11) is 0. The number of fused-ring (bicyclic) bond motifs is 14. The standard InChI is InChI=1S/C60H37N7S2/c1-36-18-17-28-45-52-51-44-27-13-16-31-48(44)67(58(51)69-56(52)65(53(36)45)41-23-9-4-10-24-41)60-62-54(39-34-32-38(33-35-39)37-19-5-2-6-20-37)61-59(63-60)66-47-30-15-12-26-43(47)50-49-42-25-11-14-29-46(42)64(55(49)68-57(50)66)40-21-7-3-8-22-40/h2-35H,1H3. The van der Waals surface area contributed by atoms with Crippen molar-refractivity contribution in [2.24, 2.45) is 0 Å². The van der Waals surface area contributed by atoms with Crippen molar-refractivity contribution in [1.29, 1.82) is 0 Å². The summed E-state index contributed by atoms with van der Waals surface area (Å²) >= 11 is 3.59. The van der Waals surface area contributed by atoms with E-state index in [2.05, 4.69) is 231 Å². The molecule has 0 aliphatic heterocycles. The van der Waals surface area contributed by atoms with E-state index in [9.17, 15) is 0 Å². The van der Waals surface area contributed by atoms with Gasteiger partial charge in [-0.2, -0.15) is 15.0 Å². The molecule has 7 aromatic heterocycles. The summed E-state index contributed by atoms with van der Waals surface area (Å²) < 4.78 is 9.41. The maximum Gasteiger partial charge on any atom is 0.240 e. The second kappa shape index (κ2) is 14.7. The lowest BCUT2D eigenvalue weighted by Gasteiger charge is -2.12. The molecule has 0 unspecified atom stereocenters. The van der Waals surface area contributed by atoms with Gasteiger partial charge in [-0.3, -0.25) is 9.13 Å². The van der Waals surface area contributed by atoms with Crippen molar-refractivity contribution in [1.82, 2.24) is 33.2 Å².